The Kier molecular flexibility index (Phi) is 2.51. The number of likely N-dealkylation sites (N-methyl/N-ethyl adjacent to an activating group) is 1. The van der Waals surface area contributed by atoms with E-state index in [1.165, 1.54) is 7.05 Å². The van der Waals surface area contributed by atoms with Gasteiger partial charge in [0.2, 0.25) is 0 Å². The fraction of sp³-hybridized carbons (Fsp3) is 0.286. The molecule has 4 amide bonds. The number of carbonyl (C=O) groups is 3. The van der Waals surface area contributed by atoms with Crippen LogP contribution in [0.2, 0.25) is 0 Å². The van der Waals surface area contributed by atoms with Gasteiger partial charge in [0.05, 0.1) is 6.54 Å². The van der Waals surface area contributed by atoms with Gasteiger partial charge < -0.3 is 0 Å². The molecule has 1 aliphatic heterocycles. The molecule has 0 aliphatic carbocycles. The van der Waals surface area contributed by atoms with Crippen LogP contribution >= 0.6 is 15.9 Å². The number of carbonyl (C=O) groups excluding carboxylic acids is 3. The number of imide groups is 2. The van der Waals surface area contributed by atoms with Gasteiger partial charge in [-0.05, 0) is 0 Å². The summed E-state index contributed by atoms with van der Waals surface area (Å²) in [7, 11) is 1.26. The third-order valence-corrected chi connectivity index (χ3v) is 1.83. The van der Waals surface area contributed by atoms with Crippen molar-refractivity contribution in [2.24, 2.45) is 0 Å². The van der Waals surface area contributed by atoms with E-state index in [0.29, 0.717) is 4.48 Å². The van der Waals surface area contributed by atoms with Crippen molar-refractivity contribution < 1.29 is 14.4 Å². The standard InChI is InChI=1S/C7H7BrN2O3/c1-4(8)3-10-6(12)5(11)9(2)7(10)13/h1,3H2,2H3. The average molecular weight is 247 g/mol. The molecule has 0 aromatic carbocycles. The monoisotopic (exact) mass is 246 g/mol. The molecule has 0 aromatic heterocycles. The summed E-state index contributed by atoms with van der Waals surface area (Å²) >= 11 is 3.01. The zero-order valence-electron chi connectivity index (χ0n) is 6.91. The second-order valence-electron chi connectivity index (χ2n) is 2.56. The van der Waals surface area contributed by atoms with Gasteiger partial charge in [-0.15, -0.1) is 0 Å². The highest BCUT2D eigenvalue weighted by Gasteiger charge is 2.41. The van der Waals surface area contributed by atoms with E-state index in [1.54, 1.807) is 0 Å². The number of amides is 4. The largest absolute Gasteiger partial charge is 0.334 e. The second-order valence-corrected chi connectivity index (χ2v) is 3.68. The van der Waals surface area contributed by atoms with Gasteiger partial charge in [0.1, 0.15) is 0 Å². The summed E-state index contributed by atoms with van der Waals surface area (Å²) in [6.07, 6.45) is 0. The fourth-order valence-corrected chi connectivity index (χ4v) is 1.18. The Balaban J connectivity index is 2.88. The summed E-state index contributed by atoms with van der Waals surface area (Å²) in [5.41, 5.74) is 0. The van der Waals surface area contributed by atoms with Gasteiger partial charge in [-0.1, -0.05) is 22.5 Å². The minimum atomic E-state index is -0.812. The molecule has 13 heavy (non-hydrogen) atoms. The van der Waals surface area contributed by atoms with Crippen molar-refractivity contribution in [2.45, 2.75) is 0 Å². The van der Waals surface area contributed by atoms with Crippen molar-refractivity contribution in [3.8, 4) is 0 Å². The van der Waals surface area contributed by atoms with Crippen LogP contribution in [0.15, 0.2) is 11.1 Å². The molecular formula is C7H7BrN2O3. The van der Waals surface area contributed by atoms with Crippen LogP contribution in [-0.4, -0.2) is 41.2 Å². The van der Waals surface area contributed by atoms with Crippen molar-refractivity contribution in [1.29, 1.82) is 0 Å². The molecular weight excluding hydrogens is 240 g/mol. The maximum Gasteiger partial charge on any atom is 0.334 e. The molecule has 6 heteroatoms. The molecule has 0 saturated carbocycles. The van der Waals surface area contributed by atoms with Crippen LogP contribution in [0.4, 0.5) is 4.79 Å². The first-order valence-corrected chi connectivity index (χ1v) is 4.21. The number of nitrogens with zero attached hydrogens (tertiary/aromatic N) is 2. The highest BCUT2D eigenvalue weighted by atomic mass is 79.9. The van der Waals surface area contributed by atoms with Crippen LogP contribution in [0.5, 0.6) is 0 Å². The molecule has 1 fully saturated rings. The van der Waals surface area contributed by atoms with Gasteiger partial charge in [-0.2, -0.15) is 0 Å². The third kappa shape index (κ3) is 1.62. The lowest BCUT2D eigenvalue weighted by Crippen LogP contribution is -2.32. The molecule has 0 aromatic rings. The van der Waals surface area contributed by atoms with Gasteiger partial charge >= 0.3 is 17.8 Å². The van der Waals surface area contributed by atoms with Crippen LogP contribution in [-0.2, 0) is 9.59 Å². The lowest BCUT2D eigenvalue weighted by molar-refractivity contribution is -0.142. The van der Waals surface area contributed by atoms with E-state index < -0.39 is 17.8 Å². The first kappa shape index (κ1) is 9.91. The van der Waals surface area contributed by atoms with E-state index in [9.17, 15) is 14.4 Å². The highest BCUT2D eigenvalue weighted by Crippen LogP contribution is 2.13. The molecule has 0 N–H and O–H groups in total. The normalized spacial score (nSPS) is 17.2. The molecule has 0 radical (unpaired) electrons. The number of rotatable bonds is 2. The predicted molar refractivity (Wildman–Crippen MR) is 47.9 cm³/mol. The molecule has 70 valence electrons. The molecule has 0 atom stereocenters. The average Bonchev–Trinajstić information content (AvgIpc) is 2.22. The molecule has 1 heterocycles. The van der Waals surface area contributed by atoms with E-state index in [0.717, 1.165) is 9.80 Å². The van der Waals surface area contributed by atoms with Crippen molar-refractivity contribution in [3.63, 3.8) is 0 Å². The highest BCUT2D eigenvalue weighted by molar-refractivity contribution is 9.11. The van der Waals surface area contributed by atoms with Crippen LogP contribution in [0.3, 0.4) is 0 Å². The molecule has 5 nitrogen and oxygen atoms in total. The van der Waals surface area contributed by atoms with Crippen molar-refractivity contribution in [1.82, 2.24) is 9.80 Å². The van der Waals surface area contributed by atoms with Crippen LogP contribution in [0, 0.1) is 0 Å². The molecule has 1 rings (SSSR count). The Hall–Kier alpha value is -1.17. The predicted octanol–water partition coefficient (Wildman–Crippen LogP) is 0.316. The summed E-state index contributed by atoms with van der Waals surface area (Å²) in [6, 6.07) is -0.615. The van der Waals surface area contributed by atoms with E-state index in [1.807, 2.05) is 0 Å². The minimum Gasteiger partial charge on any atom is -0.263 e. The maximum absolute atomic E-state index is 11.2. The quantitative estimate of drug-likeness (QED) is 0.521. The van der Waals surface area contributed by atoms with E-state index in [2.05, 4.69) is 22.5 Å². The van der Waals surface area contributed by atoms with Crippen LogP contribution < -0.4 is 0 Å². The Morgan fingerprint density at radius 3 is 2.23 bits per heavy atom. The van der Waals surface area contributed by atoms with E-state index in [4.69, 9.17) is 0 Å². The molecule has 0 spiro atoms. The summed E-state index contributed by atoms with van der Waals surface area (Å²) in [4.78, 5) is 34.9. The van der Waals surface area contributed by atoms with Crippen molar-refractivity contribution in [3.05, 3.63) is 11.1 Å². The minimum absolute atomic E-state index is 0.0216. The molecule has 1 aliphatic rings. The molecule has 0 bridgehead atoms. The number of hydrogen-bond donors (Lipinski definition) is 0. The number of hydrogen-bond acceptors (Lipinski definition) is 3. The number of urea groups is 1. The fourth-order valence-electron chi connectivity index (χ4n) is 0.925. The number of halogens is 1. The topological polar surface area (TPSA) is 57.7 Å². The van der Waals surface area contributed by atoms with Gasteiger partial charge in [0, 0.05) is 11.5 Å². The first-order valence-electron chi connectivity index (χ1n) is 3.42. The van der Waals surface area contributed by atoms with E-state index in [-0.39, 0.29) is 6.54 Å². The Morgan fingerprint density at radius 1 is 1.38 bits per heavy atom. The third-order valence-electron chi connectivity index (χ3n) is 1.58. The summed E-state index contributed by atoms with van der Waals surface area (Å²) in [6.45, 7) is 3.50. The Bertz CT molecular complexity index is 313. The SMILES string of the molecule is C=C(Br)CN1C(=O)C(=O)N(C)C1=O. The van der Waals surface area contributed by atoms with Gasteiger partial charge in [0.15, 0.2) is 0 Å². The van der Waals surface area contributed by atoms with Crippen molar-refractivity contribution in [2.75, 3.05) is 13.6 Å². The zero-order valence-corrected chi connectivity index (χ0v) is 8.50. The van der Waals surface area contributed by atoms with Crippen molar-refractivity contribution >= 4 is 33.8 Å². The first-order chi connectivity index (χ1) is 5.95. The summed E-state index contributed by atoms with van der Waals surface area (Å²) in [5, 5.41) is 0. The maximum atomic E-state index is 11.2. The van der Waals surface area contributed by atoms with Gasteiger partial charge in [-0.25, -0.2) is 4.79 Å². The molecule has 1 saturated heterocycles. The lowest BCUT2D eigenvalue weighted by atomic mass is 10.5. The Morgan fingerprint density at radius 2 is 1.92 bits per heavy atom. The van der Waals surface area contributed by atoms with Crippen LogP contribution in [0.25, 0.3) is 0 Å². The Labute approximate surface area is 83.1 Å². The molecule has 0 unspecified atom stereocenters. The summed E-state index contributed by atoms with van der Waals surface area (Å²) < 4.78 is 0.470. The lowest BCUT2D eigenvalue weighted by Gasteiger charge is -2.10. The summed E-state index contributed by atoms with van der Waals surface area (Å²) in [5.74, 6) is -1.62. The second kappa shape index (κ2) is 3.29. The van der Waals surface area contributed by atoms with Crippen LogP contribution in [0.1, 0.15) is 0 Å². The smallest absolute Gasteiger partial charge is 0.263 e. The van der Waals surface area contributed by atoms with E-state index >= 15 is 0 Å². The zero-order chi connectivity index (χ0) is 10.2. The van der Waals surface area contributed by atoms with Gasteiger partial charge in [-0.3, -0.25) is 19.4 Å². The van der Waals surface area contributed by atoms with Gasteiger partial charge in [0.25, 0.3) is 0 Å².